The number of aryl methyl sites for hydroxylation is 2. The highest BCUT2D eigenvalue weighted by Gasteiger charge is 2.78. The van der Waals surface area contributed by atoms with Gasteiger partial charge in [-0.25, -0.2) is 0 Å². The monoisotopic (exact) mass is 643 g/mol. The van der Waals surface area contributed by atoms with Crippen molar-refractivity contribution in [3.63, 3.8) is 0 Å². The van der Waals surface area contributed by atoms with E-state index in [4.69, 9.17) is 9.47 Å². The van der Waals surface area contributed by atoms with Gasteiger partial charge in [0.25, 0.3) is 5.91 Å². The quantitative estimate of drug-likeness (QED) is 0.207. The van der Waals surface area contributed by atoms with Crippen LogP contribution < -0.4 is 14.5 Å². The number of ether oxygens (including phenoxy) is 2. The molecular weight excluding hydrogens is 594 g/mol. The molecule has 0 radical (unpaired) electrons. The summed E-state index contributed by atoms with van der Waals surface area (Å²) in [5.74, 6) is -1.58. The zero-order valence-corrected chi connectivity index (χ0v) is 28.2. The molecule has 1 spiro atoms. The van der Waals surface area contributed by atoms with Crippen LogP contribution in [0.15, 0.2) is 67.8 Å². The molecule has 2 bridgehead atoms. The number of hydrogen-bond acceptors (Lipinski definition) is 6. The highest BCUT2D eigenvalue weighted by Crippen LogP contribution is 2.63. The number of rotatable bonds is 15. The molecule has 0 aliphatic carbocycles. The molecule has 3 heterocycles. The SMILES string of the molecule is C=CCN(C(=O)[C@@H]1[C@H]2C(=O)N(CCCCCO)C(C(=O)N(CC=C)c3cc(C)ccc3C)C23CC[C@@]1(C)O3)c1ccc(OCC)cc1. The number of fused-ring (bicyclic) bond motifs is 1. The molecule has 3 saturated heterocycles. The topological polar surface area (TPSA) is 99.6 Å². The number of aliphatic hydroxyl groups excluding tert-OH is 1. The minimum Gasteiger partial charge on any atom is -0.494 e. The second-order valence-electron chi connectivity index (χ2n) is 13.2. The van der Waals surface area contributed by atoms with Gasteiger partial charge in [0, 0.05) is 37.6 Å². The number of aliphatic hydroxyl groups is 1. The van der Waals surface area contributed by atoms with E-state index in [9.17, 15) is 19.5 Å². The Kier molecular flexibility index (Phi) is 10.3. The van der Waals surface area contributed by atoms with Crippen LogP contribution in [0.5, 0.6) is 5.75 Å². The van der Waals surface area contributed by atoms with Gasteiger partial charge in [-0.3, -0.25) is 14.4 Å². The first-order valence-electron chi connectivity index (χ1n) is 16.8. The summed E-state index contributed by atoms with van der Waals surface area (Å²) in [6.45, 7) is 17.1. The summed E-state index contributed by atoms with van der Waals surface area (Å²) in [5, 5.41) is 9.40. The maximum Gasteiger partial charge on any atom is 0.253 e. The smallest absolute Gasteiger partial charge is 0.253 e. The lowest BCUT2D eigenvalue weighted by molar-refractivity contribution is -0.144. The average molecular weight is 644 g/mol. The molecule has 3 fully saturated rings. The number of unbranched alkanes of at least 4 members (excludes halogenated alkanes) is 2. The van der Waals surface area contributed by atoms with Gasteiger partial charge >= 0.3 is 0 Å². The van der Waals surface area contributed by atoms with Gasteiger partial charge in [0.05, 0.1) is 24.0 Å². The Bertz CT molecular complexity index is 1510. The van der Waals surface area contributed by atoms with Gasteiger partial charge < -0.3 is 29.3 Å². The van der Waals surface area contributed by atoms with Gasteiger partial charge in [-0.15, -0.1) is 13.2 Å². The number of amides is 3. The van der Waals surface area contributed by atoms with Crippen molar-refractivity contribution < 1.29 is 29.0 Å². The lowest BCUT2D eigenvalue weighted by atomic mass is 9.66. The van der Waals surface area contributed by atoms with E-state index in [0.717, 1.165) is 16.8 Å². The molecule has 0 saturated carbocycles. The van der Waals surface area contributed by atoms with Gasteiger partial charge in [-0.1, -0.05) is 24.3 Å². The maximum atomic E-state index is 14.9. The number of likely N-dealkylation sites (tertiary alicyclic amines) is 1. The minimum absolute atomic E-state index is 0.0609. The van der Waals surface area contributed by atoms with Crippen molar-refractivity contribution in [3.05, 3.63) is 78.9 Å². The van der Waals surface area contributed by atoms with E-state index in [1.807, 2.05) is 70.2 Å². The molecule has 9 nitrogen and oxygen atoms in total. The van der Waals surface area contributed by atoms with Gasteiger partial charge in [-0.05, 0) is 101 Å². The molecule has 252 valence electrons. The summed E-state index contributed by atoms with van der Waals surface area (Å²) in [5.41, 5.74) is 1.30. The molecule has 47 heavy (non-hydrogen) atoms. The van der Waals surface area contributed by atoms with Gasteiger partial charge in [0.1, 0.15) is 17.4 Å². The predicted octanol–water partition coefficient (Wildman–Crippen LogP) is 5.37. The number of benzene rings is 2. The summed E-state index contributed by atoms with van der Waals surface area (Å²) >= 11 is 0. The van der Waals surface area contributed by atoms with Crippen LogP contribution in [0, 0.1) is 25.7 Å². The Morgan fingerprint density at radius 3 is 2.38 bits per heavy atom. The third-order valence-electron chi connectivity index (χ3n) is 10.1. The highest BCUT2D eigenvalue weighted by molar-refractivity contribution is 6.07. The van der Waals surface area contributed by atoms with Gasteiger partial charge in [-0.2, -0.15) is 0 Å². The molecule has 2 aromatic carbocycles. The summed E-state index contributed by atoms with van der Waals surface area (Å²) in [4.78, 5) is 49.4. The van der Waals surface area contributed by atoms with Crippen molar-refractivity contribution in [3.8, 4) is 5.75 Å². The first kappa shape index (κ1) is 34.4. The van der Waals surface area contributed by atoms with Crippen LogP contribution >= 0.6 is 0 Å². The van der Waals surface area contributed by atoms with E-state index in [1.165, 1.54) is 0 Å². The van der Waals surface area contributed by atoms with Crippen LogP contribution in [-0.4, -0.2) is 77.8 Å². The first-order valence-corrected chi connectivity index (χ1v) is 16.8. The van der Waals surface area contributed by atoms with Crippen LogP contribution in [0.4, 0.5) is 11.4 Å². The first-order chi connectivity index (χ1) is 22.6. The van der Waals surface area contributed by atoms with Crippen LogP contribution in [0.3, 0.4) is 0 Å². The molecule has 3 aliphatic rings. The van der Waals surface area contributed by atoms with Crippen molar-refractivity contribution in [2.75, 3.05) is 42.6 Å². The molecule has 9 heteroatoms. The molecule has 2 unspecified atom stereocenters. The summed E-state index contributed by atoms with van der Waals surface area (Å²) in [6, 6.07) is 12.4. The van der Waals surface area contributed by atoms with E-state index < -0.39 is 29.1 Å². The zero-order valence-electron chi connectivity index (χ0n) is 28.2. The third kappa shape index (κ3) is 6.11. The largest absolute Gasteiger partial charge is 0.494 e. The summed E-state index contributed by atoms with van der Waals surface area (Å²) in [6.07, 6.45) is 6.34. The Morgan fingerprint density at radius 1 is 1.02 bits per heavy atom. The van der Waals surface area contributed by atoms with E-state index in [2.05, 4.69) is 13.2 Å². The number of nitrogens with zero attached hydrogens (tertiary/aromatic N) is 3. The molecule has 5 atom stereocenters. The molecule has 3 amide bonds. The predicted molar refractivity (Wildman–Crippen MR) is 183 cm³/mol. The number of carbonyl (C=O) groups excluding carboxylic acids is 3. The van der Waals surface area contributed by atoms with Crippen LogP contribution in [-0.2, 0) is 19.1 Å². The Morgan fingerprint density at radius 2 is 1.72 bits per heavy atom. The average Bonchev–Trinajstić information content (AvgIpc) is 3.62. The van der Waals surface area contributed by atoms with Crippen LogP contribution in [0.25, 0.3) is 0 Å². The van der Waals surface area contributed by atoms with E-state index in [0.29, 0.717) is 56.7 Å². The Hall–Kier alpha value is -3.95. The second kappa shape index (κ2) is 14.0. The number of anilines is 2. The van der Waals surface area contributed by atoms with Crippen LogP contribution in [0.2, 0.25) is 0 Å². The van der Waals surface area contributed by atoms with Crippen molar-refractivity contribution in [1.82, 2.24) is 4.90 Å². The molecule has 3 aliphatic heterocycles. The highest BCUT2D eigenvalue weighted by atomic mass is 16.5. The van der Waals surface area contributed by atoms with Gasteiger partial charge in [0.2, 0.25) is 11.8 Å². The molecule has 1 N–H and O–H groups in total. The Balaban J connectivity index is 1.57. The summed E-state index contributed by atoms with van der Waals surface area (Å²) in [7, 11) is 0. The normalized spacial score (nSPS) is 25.9. The molecular formula is C38H49N3O6. The molecule has 0 aromatic heterocycles. The van der Waals surface area contributed by atoms with E-state index in [1.54, 1.807) is 26.9 Å². The Labute approximate surface area is 278 Å². The molecule has 2 aromatic rings. The zero-order chi connectivity index (χ0) is 33.9. The number of carbonyl (C=O) groups is 3. The van der Waals surface area contributed by atoms with E-state index >= 15 is 0 Å². The van der Waals surface area contributed by atoms with Gasteiger partial charge in [0.15, 0.2) is 0 Å². The summed E-state index contributed by atoms with van der Waals surface area (Å²) < 4.78 is 12.5. The van der Waals surface area contributed by atoms with Crippen molar-refractivity contribution in [2.24, 2.45) is 11.8 Å². The fourth-order valence-electron chi connectivity index (χ4n) is 7.99. The third-order valence-corrected chi connectivity index (χ3v) is 10.1. The standard InChI is InChI=1S/C38H49N3O6/c1-7-21-39(28-15-17-29(18-16-28)46-9-3)34(43)31-32-35(44)41(23-11-10-12-24-42)33(38(32)20-19-37(31,6)47-38)36(45)40(22-8-2)30-25-26(4)13-14-27(30)5/h7-8,13-18,25,31-33,42H,1-2,9-12,19-24H2,3-6H3/t31-,32-,33?,37+,38?/m0/s1. The van der Waals surface area contributed by atoms with Crippen molar-refractivity contribution in [2.45, 2.75) is 77.0 Å². The van der Waals surface area contributed by atoms with E-state index in [-0.39, 0.29) is 37.4 Å². The van der Waals surface area contributed by atoms with Crippen LogP contribution in [0.1, 0.15) is 57.1 Å². The minimum atomic E-state index is -1.16. The molecule has 5 rings (SSSR count). The lowest BCUT2D eigenvalue weighted by Crippen LogP contribution is -2.56. The fourth-order valence-corrected chi connectivity index (χ4v) is 7.99. The van der Waals surface area contributed by atoms with Crippen molar-refractivity contribution in [1.29, 1.82) is 0 Å². The fraction of sp³-hybridized carbons (Fsp3) is 0.500. The second-order valence-corrected chi connectivity index (χ2v) is 13.2. The maximum absolute atomic E-state index is 14.9. The van der Waals surface area contributed by atoms with Crippen molar-refractivity contribution >= 4 is 29.1 Å². The number of hydrogen-bond donors (Lipinski definition) is 1. The lowest BCUT2D eigenvalue weighted by Gasteiger charge is -2.37.